The number of hydrogen-bond acceptors (Lipinski definition) is 6. The molecule has 4 rings (SSSR count). The summed E-state index contributed by atoms with van der Waals surface area (Å²) < 4.78 is 8.03. The van der Waals surface area contributed by atoms with Crippen molar-refractivity contribution in [2.75, 3.05) is 12.4 Å². The standard InChI is InChI=1S/C29H28Cl2N4O2S/c1-20(2)35-28(23-13-15-32-16-14-23)33-34-29(35)38-18-4-3-17-37-25-10-6-22(7-11-25)27(36)12-8-21-5-9-24(30)19-26(21)31/h5-16,19-20H,3-4,17-18H2,1-2H3/b12-8+. The van der Waals surface area contributed by atoms with E-state index in [1.807, 2.05) is 24.3 Å². The van der Waals surface area contributed by atoms with Crippen molar-refractivity contribution < 1.29 is 9.53 Å². The Morgan fingerprint density at radius 3 is 2.50 bits per heavy atom. The van der Waals surface area contributed by atoms with Gasteiger partial charge in [-0.05, 0) is 92.9 Å². The first kappa shape index (κ1) is 27.9. The van der Waals surface area contributed by atoms with Gasteiger partial charge in [0, 0.05) is 45.4 Å². The quantitative estimate of drug-likeness (QED) is 0.0746. The van der Waals surface area contributed by atoms with E-state index in [2.05, 4.69) is 33.6 Å². The summed E-state index contributed by atoms with van der Waals surface area (Å²) >= 11 is 13.8. The van der Waals surface area contributed by atoms with Gasteiger partial charge in [-0.1, -0.05) is 41.0 Å². The summed E-state index contributed by atoms with van der Waals surface area (Å²) in [7, 11) is 0. The van der Waals surface area contributed by atoms with Crippen molar-refractivity contribution >= 4 is 46.8 Å². The molecule has 0 fully saturated rings. The lowest BCUT2D eigenvalue weighted by molar-refractivity contribution is 0.104. The molecule has 0 aliphatic carbocycles. The Bertz CT molecular complexity index is 1390. The SMILES string of the molecule is CC(C)n1c(SCCCCOc2ccc(C(=O)/C=C/c3ccc(Cl)cc3Cl)cc2)nnc1-c1ccncc1. The molecule has 0 amide bonds. The normalized spacial score (nSPS) is 11.4. The zero-order chi connectivity index (χ0) is 26.9. The topological polar surface area (TPSA) is 69.9 Å². The molecule has 0 N–H and O–H groups in total. The molecule has 0 radical (unpaired) electrons. The van der Waals surface area contributed by atoms with E-state index in [0.29, 0.717) is 22.2 Å². The number of hydrogen-bond donors (Lipinski definition) is 0. The molecule has 0 aliphatic heterocycles. The van der Waals surface area contributed by atoms with Gasteiger partial charge < -0.3 is 4.74 Å². The summed E-state index contributed by atoms with van der Waals surface area (Å²) in [5.74, 6) is 2.41. The van der Waals surface area contributed by atoms with Crippen LogP contribution in [0, 0.1) is 0 Å². The van der Waals surface area contributed by atoms with Crippen LogP contribution in [0.4, 0.5) is 0 Å². The van der Waals surface area contributed by atoms with Gasteiger partial charge in [0.1, 0.15) is 5.75 Å². The first-order valence-corrected chi connectivity index (χ1v) is 14.0. The van der Waals surface area contributed by atoms with Crippen LogP contribution in [0.2, 0.25) is 10.0 Å². The van der Waals surface area contributed by atoms with Gasteiger partial charge in [0.25, 0.3) is 0 Å². The molecule has 2 aromatic heterocycles. The number of unbranched alkanes of at least 4 members (excludes halogenated alkanes) is 1. The average molecular weight is 568 g/mol. The third-order valence-corrected chi connectivity index (χ3v) is 7.27. The van der Waals surface area contributed by atoms with Gasteiger partial charge in [-0.15, -0.1) is 10.2 Å². The van der Waals surface area contributed by atoms with E-state index in [-0.39, 0.29) is 11.8 Å². The van der Waals surface area contributed by atoms with Crippen molar-refractivity contribution in [3.63, 3.8) is 0 Å². The zero-order valence-corrected chi connectivity index (χ0v) is 23.5. The molecule has 2 aromatic carbocycles. The number of nitrogens with zero attached hydrogens (tertiary/aromatic N) is 4. The summed E-state index contributed by atoms with van der Waals surface area (Å²) in [6, 6.07) is 16.5. The maximum Gasteiger partial charge on any atom is 0.191 e. The lowest BCUT2D eigenvalue weighted by Crippen LogP contribution is -2.05. The van der Waals surface area contributed by atoms with Gasteiger partial charge >= 0.3 is 0 Å². The number of ether oxygens (including phenoxy) is 1. The molecule has 0 unspecified atom stereocenters. The number of ketones is 1. The van der Waals surface area contributed by atoms with Crippen LogP contribution in [0.3, 0.4) is 0 Å². The van der Waals surface area contributed by atoms with Gasteiger partial charge in [-0.25, -0.2) is 0 Å². The van der Waals surface area contributed by atoms with Crippen molar-refractivity contribution in [3.8, 4) is 17.1 Å². The molecule has 38 heavy (non-hydrogen) atoms. The molecular weight excluding hydrogens is 539 g/mol. The Kier molecular flexibility index (Phi) is 9.98. The first-order valence-electron chi connectivity index (χ1n) is 12.3. The van der Waals surface area contributed by atoms with Gasteiger partial charge in [0.2, 0.25) is 0 Å². The molecule has 6 nitrogen and oxygen atoms in total. The Labute approximate surface area is 237 Å². The Hall–Kier alpha value is -3.13. The van der Waals surface area contributed by atoms with Crippen molar-refractivity contribution in [1.29, 1.82) is 0 Å². The van der Waals surface area contributed by atoms with Crippen LogP contribution in [0.15, 0.2) is 78.2 Å². The van der Waals surface area contributed by atoms with Crippen molar-refractivity contribution in [2.24, 2.45) is 0 Å². The number of carbonyl (C=O) groups excluding carboxylic acids is 1. The van der Waals surface area contributed by atoms with Crippen LogP contribution in [0.1, 0.15) is 48.7 Å². The minimum atomic E-state index is -0.110. The van der Waals surface area contributed by atoms with Crippen molar-refractivity contribution in [1.82, 2.24) is 19.7 Å². The Morgan fingerprint density at radius 1 is 1.03 bits per heavy atom. The largest absolute Gasteiger partial charge is 0.494 e. The van der Waals surface area contributed by atoms with Crippen LogP contribution >= 0.6 is 35.0 Å². The smallest absolute Gasteiger partial charge is 0.191 e. The second kappa shape index (κ2) is 13.6. The lowest BCUT2D eigenvalue weighted by Gasteiger charge is -2.13. The first-order chi connectivity index (χ1) is 18.4. The van der Waals surface area contributed by atoms with Crippen LogP contribution in [-0.4, -0.2) is 37.9 Å². The average Bonchev–Trinajstić information content (AvgIpc) is 3.35. The summed E-state index contributed by atoms with van der Waals surface area (Å²) in [5, 5.41) is 10.8. The second-order valence-electron chi connectivity index (χ2n) is 8.80. The van der Waals surface area contributed by atoms with Crippen LogP contribution in [0.25, 0.3) is 17.5 Å². The maximum absolute atomic E-state index is 12.5. The molecule has 0 atom stereocenters. The number of rotatable bonds is 12. The van der Waals surface area contributed by atoms with E-state index in [9.17, 15) is 4.79 Å². The molecule has 4 aromatic rings. The van der Waals surface area contributed by atoms with Crippen LogP contribution < -0.4 is 4.74 Å². The van der Waals surface area contributed by atoms with Gasteiger partial charge in [-0.2, -0.15) is 0 Å². The third-order valence-electron chi connectivity index (χ3n) is 5.67. The van der Waals surface area contributed by atoms with E-state index in [1.165, 1.54) is 6.08 Å². The molecule has 0 bridgehead atoms. The summed E-state index contributed by atoms with van der Waals surface area (Å²) in [4.78, 5) is 16.6. The number of allylic oxidation sites excluding steroid dienone is 1. The minimum Gasteiger partial charge on any atom is -0.494 e. The summed E-state index contributed by atoms with van der Waals surface area (Å²) in [6.45, 7) is 4.87. The van der Waals surface area contributed by atoms with E-state index in [1.54, 1.807) is 60.6 Å². The minimum absolute atomic E-state index is 0.110. The van der Waals surface area contributed by atoms with Gasteiger partial charge in [-0.3, -0.25) is 14.3 Å². The Balaban J connectivity index is 1.21. The molecule has 0 saturated carbocycles. The number of benzene rings is 2. The molecule has 2 heterocycles. The zero-order valence-electron chi connectivity index (χ0n) is 21.2. The summed E-state index contributed by atoms with van der Waals surface area (Å²) in [6.07, 6.45) is 8.61. The summed E-state index contributed by atoms with van der Waals surface area (Å²) in [5.41, 5.74) is 2.33. The molecular formula is C29H28Cl2N4O2S. The van der Waals surface area contributed by atoms with E-state index < -0.39 is 0 Å². The van der Waals surface area contributed by atoms with Gasteiger partial charge in [0.15, 0.2) is 16.8 Å². The number of aromatic nitrogens is 4. The highest BCUT2D eigenvalue weighted by Gasteiger charge is 2.16. The fourth-order valence-electron chi connectivity index (χ4n) is 3.71. The van der Waals surface area contributed by atoms with Crippen molar-refractivity contribution in [3.05, 3.63) is 94.2 Å². The van der Waals surface area contributed by atoms with Crippen molar-refractivity contribution in [2.45, 2.75) is 37.9 Å². The highest BCUT2D eigenvalue weighted by atomic mass is 35.5. The predicted octanol–water partition coefficient (Wildman–Crippen LogP) is 8.08. The number of halogens is 2. The van der Waals surface area contributed by atoms with E-state index in [0.717, 1.165) is 46.5 Å². The van der Waals surface area contributed by atoms with Gasteiger partial charge in [0.05, 0.1) is 6.61 Å². The van der Waals surface area contributed by atoms with E-state index in [4.69, 9.17) is 27.9 Å². The predicted molar refractivity (Wildman–Crippen MR) is 155 cm³/mol. The van der Waals surface area contributed by atoms with Crippen LogP contribution in [0.5, 0.6) is 5.75 Å². The Morgan fingerprint density at radius 2 is 1.79 bits per heavy atom. The number of pyridine rings is 1. The number of carbonyl (C=O) groups is 1. The fraction of sp³-hybridized carbons (Fsp3) is 0.241. The third kappa shape index (κ3) is 7.47. The molecule has 0 aliphatic rings. The van der Waals surface area contributed by atoms with Crippen LogP contribution in [-0.2, 0) is 0 Å². The van der Waals surface area contributed by atoms with E-state index >= 15 is 0 Å². The number of thioether (sulfide) groups is 1. The lowest BCUT2D eigenvalue weighted by atomic mass is 10.1. The molecule has 0 saturated heterocycles. The fourth-order valence-corrected chi connectivity index (χ4v) is 5.25. The monoisotopic (exact) mass is 566 g/mol. The highest BCUT2D eigenvalue weighted by Crippen LogP contribution is 2.28. The maximum atomic E-state index is 12.5. The molecule has 0 spiro atoms. The second-order valence-corrected chi connectivity index (χ2v) is 10.7. The highest BCUT2D eigenvalue weighted by molar-refractivity contribution is 7.99. The molecule has 9 heteroatoms. The molecule has 196 valence electrons.